The Hall–Kier alpha value is -4.30. The molecule has 36 heavy (non-hydrogen) atoms. The number of ether oxygens (including phenoxy) is 1. The van der Waals surface area contributed by atoms with Crippen LogP contribution in [-0.4, -0.2) is 21.4 Å². The van der Waals surface area contributed by atoms with Crippen LogP contribution in [-0.2, 0) is 22.9 Å². The number of methoxy groups -OCH3 is 1. The number of carbonyl (C=O) groups excluding carboxylic acids is 1. The molecule has 8 heteroatoms. The Bertz CT molecular complexity index is 1450. The van der Waals surface area contributed by atoms with E-state index in [1.54, 1.807) is 60.7 Å². The number of hydrogen-bond donors (Lipinski definition) is 3. The van der Waals surface area contributed by atoms with Gasteiger partial charge in [0.25, 0.3) is 15.9 Å². The molecule has 0 heterocycles. The average molecular weight is 502 g/mol. The lowest BCUT2D eigenvalue weighted by Crippen LogP contribution is -2.14. The molecule has 7 nitrogen and oxygen atoms in total. The fourth-order valence-corrected chi connectivity index (χ4v) is 4.82. The van der Waals surface area contributed by atoms with Crippen molar-refractivity contribution in [2.24, 2.45) is 0 Å². The molecule has 0 saturated carbocycles. The van der Waals surface area contributed by atoms with Crippen LogP contribution >= 0.6 is 0 Å². The summed E-state index contributed by atoms with van der Waals surface area (Å²) in [6.45, 7) is 0. The third-order valence-electron chi connectivity index (χ3n) is 5.68. The number of amides is 1. The van der Waals surface area contributed by atoms with E-state index in [0.29, 0.717) is 41.2 Å². The van der Waals surface area contributed by atoms with E-state index in [-0.39, 0.29) is 10.8 Å². The lowest BCUT2D eigenvalue weighted by molar-refractivity contribution is 0.102. The van der Waals surface area contributed by atoms with Gasteiger partial charge in [0.2, 0.25) is 0 Å². The predicted molar refractivity (Wildman–Crippen MR) is 143 cm³/mol. The van der Waals surface area contributed by atoms with Gasteiger partial charge in [-0.3, -0.25) is 9.52 Å². The van der Waals surface area contributed by atoms with Crippen LogP contribution in [0.5, 0.6) is 5.75 Å². The first-order valence-corrected chi connectivity index (χ1v) is 12.8. The number of benzene rings is 4. The number of para-hydroxylation sites is 1. The van der Waals surface area contributed by atoms with Gasteiger partial charge in [-0.05, 0) is 84.6 Å². The van der Waals surface area contributed by atoms with Crippen molar-refractivity contribution in [2.75, 3.05) is 22.9 Å². The molecule has 4 rings (SSSR count). The number of hydrogen-bond acceptors (Lipinski definition) is 5. The summed E-state index contributed by atoms with van der Waals surface area (Å²) in [6, 6.07) is 27.9. The second-order valence-electron chi connectivity index (χ2n) is 8.21. The van der Waals surface area contributed by atoms with E-state index in [0.717, 1.165) is 11.1 Å². The molecule has 0 aromatic heterocycles. The number of carbonyl (C=O) groups is 1. The van der Waals surface area contributed by atoms with Gasteiger partial charge in [0.15, 0.2) is 0 Å². The van der Waals surface area contributed by atoms with Crippen LogP contribution < -0.4 is 20.5 Å². The summed E-state index contributed by atoms with van der Waals surface area (Å²) in [6.07, 6.45) is 1.30. The van der Waals surface area contributed by atoms with Crippen molar-refractivity contribution in [3.63, 3.8) is 0 Å². The number of nitrogen functional groups attached to an aromatic ring is 1. The van der Waals surface area contributed by atoms with Gasteiger partial charge in [-0.1, -0.05) is 36.4 Å². The molecule has 0 aliphatic heterocycles. The van der Waals surface area contributed by atoms with Crippen molar-refractivity contribution in [1.29, 1.82) is 0 Å². The van der Waals surface area contributed by atoms with E-state index in [1.165, 1.54) is 19.2 Å². The zero-order chi connectivity index (χ0) is 25.5. The molecule has 1 amide bonds. The monoisotopic (exact) mass is 501 g/mol. The summed E-state index contributed by atoms with van der Waals surface area (Å²) in [5, 5.41) is 2.83. The van der Waals surface area contributed by atoms with Crippen LogP contribution in [0.3, 0.4) is 0 Å². The summed E-state index contributed by atoms with van der Waals surface area (Å²) in [7, 11) is -2.22. The normalized spacial score (nSPS) is 11.0. The van der Waals surface area contributed by atoms with E-state index in [1.807, 2.05) is 24.3 Å². The number of nitrogens with two attached hydrogens (primary N) is 1. The topological polar surface area (TPSA) is 111 Å². The molecule has 184 valence electrons. The smallest absolute Gasteiger partial charge is 0.261 e. The van der Waals surface area contributed by atoms with Crippen molar-refractivity contribution < 1.29 is 17.9 Å². The zero-order valence-corrected chi connectivity index (χ0v) is 20.6. The zero-order valence-electron chi connectivity index (χ0n) is 19.8. The maximum absolute atomic E-state index is 12.9. The minimum Gasteiger partial charge on any atom is -0.497 e. The maximum atomic E-state index is 12.9. The van der Waals surface area contributed by atoms with E-state index >= 15 is 0 Å². The Balaban J connectivity index is 1.41. The van der Waals surface area contributed by atoms with Gasteiger partial charge >= 0.3 is 0 Å². The number of sulfonamides is 1. The van der Waals surface area contributed by atoms with Crippen LogP contribution in [0.25, 0.3) is 0 Å². The second-order valence-corrected chi connectivity index (χ2v) is 9.90. The highest BCUT2D eigenvalue weighted by molar-refractivity contribution is 7.92. The summed E-state index contributed by atoms with van der Waals surface area (Å²) in [5.41, 5.74) is 9.95. The van der Waals surface area contributed by atoms with Crippen molar-refractivity contribution in [1.82, 2.24) is 0 Å². The van der Waals surface area contributed by atoms with Gasteiger partial charge in [0.1, 0.15) is 5.75 Å². The van der Waals surface area contributed by atoms with E-state index in [2.05, 4.69) is 10.0 Å². The van der Waals surface area contributed by atoms with Crippen molar-refractivity contribution in [3.05, 3.63) is 114 Å². The van der Waals surface area contributed by atoms with Gasteiger partial charge < -0.3 is 15.8 Å². The van der Waals surface area contributed by atoms with Gasteiger partial charge in [-0.25, -0.2) is 8.42 Å². The quantitative estimate of drug-likeness (QED) is 0.276. The van der Waals surface area contributed by atoms with Crippen molar-refractivity contribution in [2.45, 2.75) is 17.7 Å². The predicted octanol–water partition coefficient (Wildman–Crippen LogP) is 5.12. The van der Waals surface area contributed by atoms with Gasteiger partial charge in [-0.2, -0.15) is 0 Å². The van der Waals surface area contributed by atoms with Crippen LogP contribution in [0, 0.1) is 0 Å². The third-order valence-corrected chi connectivity index (χ3v) is 7.06. The highest BCUT2D eigenvalue weighted by atomic mass is 32.2. The molecule has 0 atom stereocenters. The molecule has 4 aromatic carbocycles. The summed E-state index contributed by atoms with van der Waals surface area (Å²) in [4.78, 5) is 12.7. The molecule has 0 unspecified atom stereocenters. The lowest BCUT2D eigenvalue weighted by Gasteiger charge is -2.13. The Morgan fingerprint density at radius 2 is 1.58 bits per heavy atom. The molecule has 0 aliphatic rings. The average Bonchev–Trinajstić information content (AvgIpc) is 2.88. The summed E-state index contributed by atoms with van der Waals surface area (Å²) >= 11 is 0. The Labute approximate surface area is 211 Å². The fourth-order valence-electron chi connectivity index (χ4n) is 3.72. The Morgan fingerprint density at radius 1 is 0.861 bits per heavy atom. The Morgan fingerprint density at radius 3 is 2.28 bits per heavy atom. The van der Waals surface area contributed by atoms with Crippen molar-refractivity contribution >= 4 is 33.0 Å². The largest absolute Gasteiger partial charge is 0.497 e. The summed E-state index contributed by atoms with van der Waals surface area (Å²) < 4.78 is 33.6. The maximum Gasteiger partial charge on any atom is 0.261 e. The van der Waals surface area contributed by atoms with Crippen LogP contribution in [0.4, 0.5) is 17.1 Å². The number of anilines is 3. The molecular weight excluding hydrogens is 474 g/mol. The Kier molecular flexibility index (Phi) is 7.56. The molecule has 0 saturated heterocycles. The van der Waals surface area contributed by atoms with E-state index in [9.17, 15) is 13.2 Å². The highest BCUT2D eigenvalue weighted by Gasteiger charge is 2.16. The van der Waals surface area contributed by atoms with Crippen LogP contribution in [0.1, 0.15) is 21.5 Å². The first-order valence-electron chi connectivity index (χ1n) is 11.3. The highest BCUT2D eigenvalue weighted by Crippen LogP contribution is 2.23. The molecule has 4 aromatic rings. The molecule has 0 aliphatic carbocycles. The number of aryl methyl sites for hydroxylation is 2. The van der Waals surface area contributed by atoms with Gasteiger partial charge in [0.05, 0.1) is 17.7 Å². The SMILES string of the molecule is COc1ccc(S(=O)(=O)Nc2ccccc2CCc2ccc(C(=O)Nc3cccc(N)c3)cc2)cc1. The van der Waals surface area contributed by atoms with Crippen LogP contribution in [0.2, 0.25) is 0 Å². The molecule has 0 fully saturated rings. The molecular formula is C28H27N3O4S. The van der Waals surface area contributed by atoms with Crippen LogP contribution in [0.15, 0.2) is 102 Å². The minimum absolute atomic E-state index is 0.158. The first kappa shape index (κ1) is 24.8. The minimum atomic E-state index is -3.75. The van der Waals surface area contributed by atoms with Crippen molar-refractivity contribution in [3.8, 4) is 5.75 Å². The lowest BCUT2D eigenvalue weighted by atomic mass is 10.0. The first-order chi connectivity index (χ1) is 17.3. The van der Waals surface area contributed by atoms with E-state index < -0.39 is 10.0 Å². The molecule has 4 N–H and O–H groups in total. The molecule has 0 spiro atoms. The number of nitrogens with one attached hydrogen (secondary N) is 2. The third kappa shape index (κ3) is 6.22. The summed E-state index contributed by atoms with van der Waals surface area (Å²) in [5.74, 6) is 0.369. The van der Waals surface area contributed by atoms with Gasteiger partial charge in [-0.15, -0.1) is 0 Å². The van der Waals surface area contributed by atoms with E-state index in [4.69, 9.17) is 10.5 Å². The second kappa shape index (κ2) is 11.0. The number of rotatable bonds is 9. The fraction of sp³-hybridized carbons (Fsp3) is 0.107. The standard InChI is InChI=1S/C28H27N3O4S/c1-35-25-15-17-26(18-16-25)36(33,34)31-27-8-3-2-5-21(27)12-9-20-10-13-22(14-11-20)28(32)30-24-7-4-6-23(29)19-24/h2-8,10-11,13-19,31H,9,12,29H2,1H3,(H,30,32). The molecule has 0 radical (unpaired) electrons. The molecule has 0 bridgehead atoms. The van der Waals surface area contributed by atoms with Gasteiger partial charge in [0, 0.05) is 16.9 Å².